The van der Waals surface area contributed by atoms with Crippen molar-refractivity contribution < 1.29 is 9.53 Å². The van der Waals surface area contributed by atoms with Crippen LogP contribution in [-0.2, 0) is 11.3 Å². The number of rotatable bonds is 5. The van der Waals surface area contributed by atoms with Crippen LogP contribution in [0.3, 0.4) is 0 Å². The molecule has 0 aromatic carbocycles. The molecule has 2 saturated heterocycles. The van der Waals surface area contributed by atoms with Crippen LogP contribution in [0.25, 0.3) is 0 Å². The van der Waals surface area contributed by atoms with Gasteiger partial charge in [0.1, 0.15) is 11.4 Å². The monoisotopic (exact) mass is 544 g/mol. The zero-order valence-electron chi connectivity index (χ0n) is 19.2. The van der Waals surface area contributed by atoms with E-state index >= 15 is 0 Å². The molecule has 0 radical (unpaired) electrons. The van der Waals surface area contributed by atoms with E-state index in [0.717, 1.165) is 37.0 Å². The number of halogens is 1. The average Bonchev–Trinajstić information content (AvgIpc) is 2.68. The number of carbonyl (C=O) groups is 1. The van der Waals surface area contributed by atoms with E-state index in [9.17, 15) is 4.79 Å². The maximum absolute atomic E-state index is 12.1. The number of aliphatic imine (C=N–C) groups is 1. The van der Waals surface area contributed by atoms with Crippen LogP contribution in [0.1, 0.15) is 52.5 Å². The average molecular weight is 544 g/mol. The van der Waals surface area contributed by atoms with E-state index < -0.39 is 5.60 Å². The summed E-state index contributed by atoms with van der Waals surface area (Å²) in [7, 11) is 0. The van der Waals surface area contributed by atoms with Crippen molar-refractivity contribution in [3.8, 4) is 0 Å². The Morgan fingerprint density at radius 2 is 1.97 bits per heavy atom. The standard InChI is InChI=1S/C22H36N6O2.HI/c1-5-23-20(26-18-15-28(16-18)21(29)30-22(2,3)4)25-14-17-9-10-24-19(13-17)27-11-7-6-8-12-27;/h9-10,13,18H,5-8,11-12,14-16H2,1-4H3,(H2,23,25,26);1H. The number of guanidine groups is 1. The molecule has 3 rings (SSSR count). The van der Waals surface area contributed by atoms with Crippen LogP contribution in [-0.4, -0.2) is 66.3 Å². The normalized spacial score (nSPS) is 17.5. The second-order valence-corrected chi connectivity index (χ2v) is 8.99. The number of carbonyl (C=O) groups excluding carboxylic acids is 1. The van der Waals surface area contributed by atoms with E-state index in [4.69, 9.17) is 9.73 Å². The predicted molar refractivity (Wildman–Crippen MR) is 135 cm³/mol. The summed E-state index contributed by atoms with van der Waals surface area (Å²) in [5.74, 6) is 1.81. The first-order valence-electron chi connectivity index (χ1n) is 11.1. The summed E-state index contributed by atoms with van der Waals surface area (Å²) in [6.07, 6.45) is 5.40. The lowest BCUT2D eigenvalue weighted by atomic mass is 10.1. The number of anilines is 1. The van der Waals surface area contributed by atoms with Crippen LogP contribution in [0.5, 0.6) is 0 Å². The van der Waals surface area contributed by atoms with E-state index in [1.54, 1.807) is 4.90 Å². The van der Waals surface area contributed by atoms with Crippen LogP contribution < -0.4 is 15.5 Å². The lowest BCUT2D eigenvalue weighted by Gasteiger charge is -2.40. The maximum Gasteiger partial charge on any atom is 0.410 e. The van der Waals surface area contributed by atoms with Gasteiger partial charge in [-0.3, -0.25) is 0 Å². The fourth-order valence-corrected chi connectivity index (χ4v) is 3.58. The van der Waals surface area contributed by atoms with Gasteiger partial charge in [-0.25, -0.2) is 14.8 Å². The minimum absolute atomic E-state index is 0. The number of hydrogen-bond donors (Lipinski definition) is 2. The van der Waals surface area contributed by atoms with Crippen LogP contribution in [0.4, 0.5) is 10.6 Å². The Labute approximate surface area is 203 Å². The molecule has 1 aromatic rings. The number of aromatic nitrogens is 1. The molecule has 0 bridgehead atoms. The Hall–Kier alpha value is -1.78. The van der Waals surface area contributed by atoms with E-state index in [1.165, 1.54) is 19.3 Å². The molecule has 2 fully saturated rings. The van der Waals surface area contributed by atoms with Crippen molar-refractivity contribution >= 4 is 41.8 Å². The summed E-state index contributed by atoms with van der Waals surface area (Å²) in [6, 6.07) is 4.34. The Kier molecular flexibility index (Phi) is 9.64. The van der Waals surface area contributed by atoms with Gasteiger partial charge < -0.3 is 25.2 Å². The van der Waals surface area contributed by atoms with Gasteiger partial charge in [-0.1, -0.05) is 0 Å². The molecule has 9 heteroatoms. The fraction of sp³-hybridized carbons (Fsp3) is 0.682. The molecule has 1 aromatic heterocycles. The van der Waals surface area contributed by atoms with Crippen LogP contribution in [0, 0.1) is 0 Å². The highest BCUT2D eigenvalue weighted by Crippen LogP contribution is 2.19. The fourth-order valence-electron chi connectivity index (χ4n) is 3.58. The highest BCUT2D eigenvalue weighted by atomic mass is 127. The van der Waals surface area contributed by atoms with Gasteiger partial charge >= 0.3 is 6.09 Å². The third kappa shape index (κ3) is 8.01. The lowest BCUT2D eigenvalue weighted by molar-refractivity contribution is 0.00701. The van der Waals surface area contributed by atoms with E-state index in [2.05, 4.69) is 26.6 Å². The van der Waals surface area contributed by atoms with Gasteiger partial charge in [0.05, 0.1) is 12.6 Å². The molecule has 2 aliphatic heterocycles. The Bertz CT molecular complexity index is 740. The second-order valence-electron chi connectivity index (χ2n) is 8.99. The van der Waals surface area contributed by atoms with Crippen molar-refractivity contribution in [3.63, 3.8) is 0 Å². The van der Waals surface area contributed by atoms with Crippen molar-refractivity contribution in [1.29, 1.82) is 0 Å². The van der Waals surface area contributed by atoms with Gasteiger partial charge in [-0.05, 0) is 64.7 Å². The van der Waals surface area contributed by atoms with E-state index in [0.29, 0.717) is 19.6 Å². The third-order valence-electron chi connectivity index (χ3n) is 5.13. The summed E-state index contributed by atoms with van der Waals surface area (Å²) >= 11 is 0. The minimum Gasteiger partial charge on any atom is -0.444 e. The minimum atomic E-state index is -0.469. The van der Waals surface area contributed by atoms with Crippen LogP contribution in [0.2, 0.25) is 0 Å². The smallest absolute Gasteiger partial charge is 0.410 e. The molecule has 0 spiro atoms. The summed E-state index contributed by atoms with van der Waals surface area (Å²) in [6.45, 7) is 12.5. The maximum atomic E-state index is 12.1. The van der Waals surface area contributed by atoms with Crippen molar-refractivity contribution in [1.82, 2.24) is 20.5 Å². The zero-order chi connectivity index (χ0) is 21.6. The van der Waals surface area contributed by atoms with Gasteiger partial charge in [0.15, 0.2) is 5.96 Å². The number of ether oxygens (including phenoxy) is 1. The van der Waals surface area contributed by atoms with E-state index in [1.807, 2.05) is 40.0 Å². The van der Waals surface area contributed by atoms with Gasteiger partial charge in [0.2, 0.25) is 0 Å². The van der Waals surface area contributed by atoms with Gasteiger partial charge in [0.25, 0.3) is 0 Å². The van der Waals surface area contributed by atoms with Gasteiger partial charge in [-0.2, -0.15) is 0 Å². The number of pyridine rings is 1. The number of hydrogen-bond acceptors (Lipinski definition) is 5. The topological polar surface area (TPSA) is 82.1 Å². The summed E-state index contributed by atoms with van der Waals surface area (Å²) < 4.78 is 5.41. The number of amides is 1. The van der Waals surface area contributed by atoms with Crippen molar-refractivity contribution in [2.24, 2.45) is 4.99 Å². The number of likely N-dealkylation sites (tertiary alicyclic amines) is 1. The molecule has 174 valence electrons. The predicted octanol–water partition coefficient (Wildman–Crippen LogP) is 3.36. The number of nitrogens with zero attached hydrogens (tertiary/aromatic N) is 4. The second kappa shape index (κ2) is 11.7. The SMILES string of the molecule is CCNC(=NCc1ccnc(N2CCCCC2)c1)NC1CN(C(=O)OC(C)(C)C)C1.I. The summed E-state index contributed by atoms with van der Waals surface area (Å²) in [4.78, 5) is 25.4. The third-order valence-corrected chi connectivity index (χ3v) is 5.13. The Morgan fingerprint density at radius 3 is 2.61 bits per heavy atom. The first-order chi connectivity index (χ1) is 14.3. The lowest BCUT2D eigenvalue weighted by Crippen LogP contribution is -2.63. The first-order valence-corrected chi connectivity index (χ1v) is 11.1. The van der Waals surface area contributed by atoms with Gasteiger partial charge in [-0.15, -0.1) is 24.0 Å². The van der Waals surface area contributed by atoms with Crippen molar-refractivity contribution in [3.05, 3.63) is 23.9 Å². The van der Waals surface area contributed by atoms with Crippen LogP contribution >= 0.6 is 24.0 Å². The summed E-state index contributed by atoms with van der Waals surface area (Å²) in [5, 5.41) is 6.70. The molecule has 2 N–H and O–H groups in total. The van der Waals surface area contributed by atoms with Crippen molar-refractivity contribution in [2.75, 3.05) is 37.6 Å². The molecule has 2 aliphatic rings. The molecule has 0 saturated carbocycles. The molecule has 1 amide bonds. The number of nitrogens with one attached hydrogen (secondary N) is 2. The molecule has 31 heavy (non-hydrogen) atoms. The highest BCUT2D eigenvalue weighted by Gasteiger charge is 2.34. The molecular weight excluding hydrogens is 507 g/mol. The molecule has 0 unspecified atom stereocenters. The molecule has 3 heterocycles. The number of piperidine rings is 1. The van der Waals surface area contributed by atoms with Gasteiger partial charge in [0, 0.05) is 38.9 Å². The first kappa shape index (κ1) is 25.5. The van der Waals surface area contributed by atoms with Crippen molar-refractivity contribution in [2.45, 2.75) is 65.1 Å². The Morgan fingerprint density at radius 1 is 1.26 bits per heavy atom. The molecule has 0 atom stereocenters. The molecule has 8 nitrogen and oxygen atoms in total. The molecular formula is C22H37IN6O2. The highest BCUT2D eigenvalue weighted by molar-refractivity contribution is 14.0. The summed E-state index contributed by atoms with van der Waals surface area (Å²) in [5.41, 5.74) is 0.676. The van der Waals surface area contributed by atoms with Crippen LogP contribution in [0.15, 0.2) is 23.3 Å². The molecule has 0 aliphatic carbocycles. The van der Waals surface area contributed by atoms with E-state index in [-0.39, 0.29) is 36.1 Å². The quantitative estimate of drug-likeness (QED) is 0.336. The zero-order valence-corrected chi connectivity index (χ0v) is 21.5. The Balaban J connectivity index is 0.00000341. The largest absolute Gasteiger partial charge is 0.444 e.